The van der Waals surface area contributed by atoms with Gasteiger partial charge in [-0.1, -0.05) is 53.9 Å². The molecule has 2 saturated carbocycles. The number of H-pyrrole nitrogens is 1. The number of aromatic nitrogens is 2. The van der Waals surface area contributed by atoms with Gasteiger partial charge in [0.05, 0.1) is 31.9 Å². The average molecular weight is 601 g/mol. The summed E-state index contributed by atoms with van der Waals surface area (Å²) in [7, 11) is -7.19. The molecule has 2 fully saturated rings. The van der Waals surface area contributed by atoms with Gasteiger partial charge >= 0.3 is 0 Å². The summed E-state index contributed by atoms with van der Waals surface area (Å²) in [4.78, 5) is 0. The van der Waals surface area contributed by atoms with E-state index in [4.69, 9.17) is 8.37 Å². The summed E-state index contributed by atoms with van der Waals surface area (Å²) in [5, 5.41) is 7.39. The first-order chi connectivity index (χ1) is 18.5. The summed E-state index contributed by atoms with van der Waals surface area (Å²) >= 11 is 0. The highest BCUT2D eigenvalue weighted by molar-refractivity contribution is 7.86. The van der Waals surface area contributed by atoms with Gasteiger partial charge in [0.2, 0.25) is 0 Å². The Morgan fingerprint density at radius 2 is 1.60 bits per heavy atom. The van der Waals surface area contributed by atoms with Gasteiger partial charge < -0.3 is 0 Å². The lowest BCUT2D eigenvalue weighted by atomic mass is 9.48. The SMILES string of the molecule is CC(C)CCCC(C)[C@H]1CC[C@H]2[C@H](COS(C)(=O)=O)[C@@H]([C@@]3(C)Cc4cn[nH]c4C[C@@H]3COS(C)(=O)=O)CC[C@]12C. The van der Waals surface area contributed by atoms with E-state index in [1.165, 1.54) is 25.7 Å². The molecule has 8 nitrogen and oxygen atoms in total. The summed E-state index contributed by atoms with van der Waals surface area (Å²) in [6.45, 7) is 12.0. The summed E-state index contributed by atoms with van der Waals surface area (Å²) in [5.74, 6) is 2.55. The van der Waals surface area contributed by atoms with Crippen LogP contribution in [0.5, 0.6) is 0 Å². The van der Waals surface area contributed by atoms with Crippen molar-refractivity contribution in [2.45, 2.75) is 92.4 Å². The van der Waals surface area contributed by atoms with Gasteiger partial charge in [-0.15, -0.1) is 0 Å². The van der Waals surface area contributed by atoms with Crippen molar-refractivity contribution in [3.8, 4) is 0 Å². The Bertz CT molecular complexity index is 1230. The van der Waals surface area contributed by atoms with Gasteiger partial charge in [0, 0.05) is 5.69 Å². The molecule has 40 heavy (non-hydrogen) atoms. The Labute approximate surface area is 243 Å². The van der Waals surface area contributed by atoms with Crippen LogP contribution in [-0.2, 0) is 41.4 Å². The number of hydrogen-bond donors (Lipinski definition) is 1. The van der Waals surface area contributed by atoms with Crippen LogP contribution in [0, 0.1) is 52.3 Å². The molecule has 0 amide bonds. The number of aromatic amines is 1. The summed E-state index contributed by atoms with van der Waals surface area (Å²) in [6.07, 6.45) is 13.6. The lowest BCUT2D eigenvalue weighted by Crippen LogP contribution is -2.53. The first-order valence-electron chi connectivity index (χ1n) is 15.2. The Morgan fingerprint density at radius 1 is 0.950 bits per heavy atom. The first kappa shape index (κ1) is 32.0. The van der Waals surface area contributed by atoms with Crippen LogP contribution in [0.3, 0.4) is 0 Å². The second kappa shape index (κ2) is 12.0. The minimum absolute atomic E-state index is 0.0441. The zero-order valence-corrected chi connectivity index (χ0v) is 27.2. The normalized spacial score (nSPS) is 35.5. The molecule has 1 aromatic heterocycles. The van der Waals surface area contributed by atoms with Crippen LogP contribution in [0.2, 0.25) is 0 Å². The molecule has 3 aliphatic carbocycles. The van der Waals surface area contributed by atoms with Crippen LogP contribution >= 0.6 is 0 Å². The molecule has 10 heteroatoms. The Morgan fingerprint density at radius 3 is 2.25 bits per heavy atom. The van der Waals surface area contributed by atoms with E-state index in [9.17, 15) is 16.8 Å². The van der Waals surface area contributed by atoms with Crippen molar-refractivity contribution < 1.29 is 25.2 Å². The lowest BCUT2D eigenvalue weighted by molar-refractivity contribution is -0.0886. The third-order valence-electron chi connectivity index (χ3n) is 11.2. The third kappa shape index (κ3) is 6.97. The number of nitrogens with one attached hydrogen (secondary N) is 1. The topological polar surface area (TPSA) is 115 Å². The molecular formula is C30H52N2O6S2. The van der Waals surface area contributed by atoms with Crippen LogP contribution in [-0.4, -0.2) is 52.8 Å². The van der Waals surface area contributed by atoms with E-state index in [0.29, 0.717) is 24.2 Å². The van der Waals surface area contributed by atoms with E-state index >= 15 is 0 Å². The molecule has 0 bridgehead atoms. The monoisotopic (exact) mass is 600 g/mol. The van der Waals surface area contributed by atoms with Crippen LogP contribution < -0.4 is 0 Å². The second-order valence-corrected chi connectivity index (χ2v) is 17.6. The fourth-order valence-electron chi connectivity index (χ4n) is 9.16. The van der Waals surface area contributed by atoms with E-state index in [1.807, 2.05) is 6.20 Å². The van der Waals surface area contributed by atoms with Crippen molar-refractivity contribution in [2.75, 3.05) is 25.7 Å². The van der Waals surface area contributed by atoms with Crippen molar-refractivity contribution in [3.05, 3.63) is 17.5 Å². The maximum absolute atomic E-state index is 12.2. The number of hydrogen-bond acceptors (Lipinski definition) is 7. The third-order valence-corrected chi connectivity index (χ3v) is 12.3. The highest BCUT2D eigenvalue weighted by Crippen LogP contribution is 2.65. The molecule has 1 heterocycles. The van der Waals surface area contributed by atoms with E-state index in [-0.39, 0.29) is 41.8 Å². The first-order valence-corrected chi connectivity index (χ1v) is 18.9. The fourth-order valence-corrected chi connectivity index (χ4v) is 9.97. The molecule has 0 aliphatic heterocycles. The van der Waals surface area contributed by atoms with Crippen molar-refractivity contribution in [1.82, 2.24) is 10.2 Å². The van der Waals surface area contributed by atoms with Crippen LogP contribution in [0.1, 0.15) is 90.8 Å². The largest absolute Gasteiger partial charge is 0.282 e. The molecule has 0 aromatic carbocycles. The molecular weight excluding hydrogens is 548 g/mol. The minimum Gasteiger partial charge on any atom is -0.282 e. The molecule has 1 unspecified atom stereocenters. The molecule has 0 spiro atoms. The Hall–Kier alpha value is -0.970. The van der Waals surface area contributed by atoms with E-state index in [1.54, 1.807) is 0 Å². The van der Waals surface area contributed by atoms with E-state index < -0.39 is 20.2 Å². The van der Waals surface area contributed by atoms with E-state index in [0.717, 1.165) is 55.4 Å². The summed E-state index contributed by atoms with van der Waals surface area (Å²) < 4.78 is 59.5. The Kier molecular flexibility index (Phi) is 9.55. The molecule has 230 valence electrons. The van der Waals surface area contributed by atoms with Crippen LogP contribution in [0.25, 0.3) is 0 Å². The van der Waals surface area contributed by atoms with Gasteiger partial charge in [0.25, 0.3) is 20.2 Å². The molecule has 0 saturated heterocycles. The van der Waals surface area contributed by atoms with Crippen LogP contribution in [0.4, 0.5) is 0 Å². The van der Waals surface area contributed by atoms with Gasteiger partial charge in [-0.05, 0) is 96.3 Å². The minimum atomic E-state index is -3.60. The smallest absolute Gasteiger partial charge is 0.264 e. The van der Waals surface area contributed by atoms with Crippen molar-refractivity contribution in [3.63, 3.8) is 0 Å². The van der Waals surface area contributed by atoms with Gasteiger partial charge in [-0.2, -0.15) is 21.9 Å². The maximum Gasteiger partial charge on any atom is 0.264 e. The zero-order chi connectivity index (χ0) is 29.5. The molecule has 4 rings (SSSR count). The highest BCUT2D eigenvalue weighted by Gasteiger charge is 2.59. The van der Waals surface area contributed by atoms with Gasteiger partial charge in [-0.3, -0.25) is 13.5 Å². The molecule has 1 aromatic rings. The second-order valence-electron chi connectivity index (χ2n) is 14.3. The van der Waals surface area contributed by atoms with Crippen LogP contribution in [0.15, 0.2) is 6.20 Å². The lowest BCUT2D eigenvalue weighted by Gasteiger charge is -2.57. The standard InChI is InChI=1S/C30H52N2O6S2/c1-20(2)9-8-10-21(3)25-11-12-26-24(19-38-40(7,35)36)27(13-14-29(25,26)4)30(5)16-22-17-31-32-28(22)15-23(30)18-37-39(6,33)34/h17,20-21,23-27H,8-16,18-19H2,1-7H3,(H,31,32)/t21?,23-,24+,25-,26+,27+,29-,30+/m1/s1. The number of nitrogens with zero attached hydrogens (tertiary/aromatic N) is 1. The predicted octanol–water partition coefficient (Wildman–Crippen LogP) is 5.60. The van der Waals surface area contributed by atoms with Crippen molar-refractivity contribution >= 4 is 20.2 Å². The summed E-state index contributed by atoms with van der Waals surface area (Å²) in [6, 6.07) is 0. The van der Waals surface area contributed by atoms with Crippen molar-refractivity contribution in [1.29, 1.82) is 0 Å². The summed E-state index contributed by atoms with van der Waals surface area (Å²) in [5.41, 5.74) is 2.07. The van der Waals surface area contributed by atoms with Crippen molar-refractivity contribution in [2.24, 2.45) is 52.3 Å². The average Bonchev–Trinajstić information content (AvgIpc) is 3.42. The molecule has 8 atom stereocenters. The van der Waals surface area contributed by atoms with Gasteiger partial charge in [0.15, 0.2) is 0 Å². The number of fused-ring (bicyclic) bond motifs is 2. The van der Waals surface area contributed by atoms with Gasteiger partial charge in [-0.25, -0.2) is 0 Å². The fraction of sp³-hybridized carbons (Fsp3) is 0.900. The van der Waals surface area contributed by atoms with Gasteiger partial charge in [0.1, 0.15) is 0 Å². The van der Waals surface area contributed by atoms with E-state index in [2.05, 4.69) is 44.8 Å². The quantitative estimate of drug-likeness (QED) is 0.310. The predicted molar refractivity (Wildman–Crippen MR) is 158 cm³/mol. The Balaban J connectivity index is 1.65. The number of rotatable bonds is 12. The highest BCUT2D eigenvalue weighted by atomic mass is 32.2. The zero-order valence-electron chi connectivity index (χ0n) is 25.6. The molecule has 1 N–H and O–H groups in total. The maximum atomic E-state index is 12.2. The molecule has 0 radical (unpaired) electrons. The molecule has 3 aliphatic rings.